The van der Waals surface area contributed by atoms with Gasteiger partial charge in [0.15, 0.2) is 6.17 Å². The summed E-state index contributed by atoms with van der Waals surface area (Å²) in [6, 6.07) is 17.0. The second-order valence-electron chi connectivity index (χ2n) is 6.62. The molecule has 1 aromatic heterocycles. The van der Waals surface area contributed by atoms with Crippen LogP contribution in [0.2, 0.25) is 0 Å². The van der Waals surface area contributed by atoms with E-state index in [-0.39, 0.29) is 5.56 Å². The Morgan fingerprint density at radius 2 is 1.86 bits per heavy atom. The predicted octanol–water partition coefficient (Wildman–Crippen LogP) is 3.31. The van der Waals surface area contributed by atoms with Crippen LogP contribution in [-0.4, -0.2) is 22.6 Å². The minimum absolute atomic E-state index is 0.143. The Balaban J connectivity index is 1.78. The van der Waals surface area contributed by atoms with Crippen molar-refractivity contribution in [2.75, 3.05) is 17.7 Å². The molecule has 2 aromatic carbocycles. The Hall–Kier alpha value is -3.61. The molecule has 1 atom stereocenters. The molecule has 0 radical (unpaired) electrons. The van der Waals surface area contributed by atoms with Crippen LogP contribution in [0.25, 0.3) is 0 Å². The number of methoxy groups -OCH3 is 1. The van der Waals surface area contributed by atoms with Crippen molar-refractivity contribution >= 4 is 17.6 Å². The van der Waals surface area contributed by atoms with Gasteiger partial charge in [-0.1, -0.05) is 24.3 Å². The Bertz CT molecular complexity index is 1100. The number of nitrogens with one attached hydrogen (secondary N) is 2. The number of hydrogen-bond donors (Lipinski definition) is 2. The molecule has 0 saturated heterocycles. The van der Waals surface area contributed by atoms with Gasteiger partial charge >= 0.3 is 0 Å². The van der Waals surface area contributed by atoms with Gasteiger partial charge in [-0.15, -0.1) is 0 Å². The van der Waals surface area contributed by atoms with E-state index < -0.39 is 6.17 Å². The molecule has 28 heavy (non-hydrogen) atoms. The molecule has 142 valence electrons. The summed E-state index contributed by atoms with van der Waals surface area (Å²) < 4.78 is 6.78. The minimum atomic E-state index is -0.501. The molecule has 0 fully saturated rings. The Labute approximate surface area is 162 Å². The van der Waals surface area contributed by atoms with Gasteiger partial charge in [0.1, 0.15) is 5.75 Å². The fraction of sp³-hybridized carbons (Fsp3) is 0.190. The first-order valence-electron chi connectivity index (χ1n) is 8.97. The standard InChI is InChI=1S/C21H21N5O2/c1-13-6-4-5-7-17(13)19-24-20(23-15-8-10-16(28-3)11-9-15)25-21-22-14(2)12-18(27)26(19)21/h4-12,19H,1-3H3,(H2,22,23,24,25)/t19-/m1/s1. The molecule has 0 bridgehead atoms. The minimum Gasteiger partial charge on any atom is -0.497 e. The Kier molecular flexibility index (Phi) is 4.57. The van der Waals surface area contributed by atoms with Crippen molar-refractivity contribution in [2.45, 2.75) is 20.0 Å². The zero-order valence-electron chi connectivity index (χ0n) is 15.9. The SMILES string of the molecule is COc1ccc(NC2=N[C@@H](c3ccccc3C)n3c(nc(C)cc3=O)N2)cc1. The van der Waals surface area contributed by atoms with Gasteiger partial charge in [0.05, 0.1) is 7.11 Å². The van der Waals surface area contributed by atoms with E-state index in [1.807, 2.05) is 55.5 Å². The zero-order chi connectivity index (χ0) is 19.7. The van der Waals surface area contributed by atoms with E-state index in [0.717, 1.165) is 22.6 Å². The van der Waals surface area contributed by atoms with E-state index in [1.54, 1.807) is 18.6 Å². The lowest BCUT2D eigenvalue weighted by molar-refractivity contribution is 0.415. The molecule has 2 N–H and O–H groups in total. The summed E-state index contributed by atoms with van der Waals surface area (Å²) in [7, 11) is 1.63. The van der Waals surface area contributed by atoms with E-state index in [4.69, 9.17) is 9.73 Å². The van der Waals surface area contributed by atoms with E-state index in [1.165, 1.54) is 6.07 Å². The number of anilines is 2. The van der Waals surface area contributed by atoms with Gasteiger partial charge in [-0.3, -0.25) is 14.7 Å². The third kappa shape index (κ3) is 3.34. The zero-order valence-corrected chi connectivity index (χ0v) is 15.9. The van der Waals surface area contributed by atoms with Crippen LogP contribution < -0.4 is 20.9 Å². The van der Waals surface area contributed by atoms with Crippen LogP contribution in [0.5, 0.6) is 5.75 Å². The molecule has 0 unspecified atom stereocenters. The number of nitrogens with zero attached hydrogens (tertiary/aromatic N) is 3. The highest BCUT2D eigenvalue weighted by Gasteiger charge is 2.26. The normalized spacial score (nSPS) is 15.2. The molecule has 0 spiro atoms. The van der Waals surface area contributed by atoms with Crippen LogP contribution in [0.1, 0.15) is 23.0 Å². The van der Waals surface area contributed by atoms with Crippen LogP contribution in [0.4, 0.5) is 11.6 Å². The molecule has 2 heterocycles. The number of aryl methyl sites for hydroxylation is 2. The number of benzene rings is 2. The van der Waals surface area contributed by atoms with Crippen LogP contribution >= 0.6 is 0 Å². The van der Waals surface area contributed by atoms with Crippen molar-refractivity contribution < 1.29 is 4.74 Å². The molecule has 0 saturated carbocycles. The molecular weight excluding hydrogens is 354 g/mol. The van der Waals surface area contributed by atoms with Gasteiger partial charge in [0.25, 0.3) is 5.56 Å². The van der Waals surface area contributed by atoms with E-state index in [9.17, 15) is 4.79 Å². The first-order valence-corrected chi connectivity index (χ1v) is 8.97. The Morgan fingerprint density at radius 3 is 2.57 bits per heavy atom. The number of fused-ring (bicyclic) bond motifs is 1. The van der Waals surface area contributed by atoms with E-state index in [0.29, 0.717) is 17.6 Å². The van der Waals surface area contributed by atoms with Crippen LogP contribution in [0.3, 0.4) is 0 Å². The van der Waals surface area contributed by atoms with Crippen molar-refractivity contribution in [3.63, 3.8) is 0 Å². The number of hydrogen-bond acceptors (Lipinski definition) is 6. The van der Waals surface area contributed by atoms with Gasteiger partial charge in [-0.2, -0.15) is 0 Å². The molecule has 1 aliphatic rings. The van der Waals surface area contributed by atoms with Crippen molar-refractivity contribution in [3.05, 3.63) is 81.8 Å². The summed E-state index contributed by atoms with van der Waals surface area (Å²) in [4.78, 5) is 22.0. The maximum absolute atomic E-state index is 12.7. The van der Waals surface area contributed by atoms with Crippen molar-refractivity contribution in [1.82, 2.24) is 9.55 Å². The number of rotatable bonds is 3. The summed E-state index contributed by atoms with van der Waals surface area (Å²) >= 11 is 0. The summed E-state index contributed by atoms with van der Waals surface area (Å²) in [5.74, 6) is 1.76. The topological polar surface area (TPSA) is 80.5 Å². The lowest BCUT2D eigenvalue weighted by atomic mass is 10.1. The number of aromatic nitrogens is 2. The van der Waals surface area contributed by atoms with Crippen LogP contribution in [0.15, 0.2) is 64.4 Å². The third-order valence-electron chi connectivity index (χ3n) is 4.63. The molecule has 1 aliphatic heterocycles. The maximum Gasteiger partial charge on any atom is 0.257 e. The van der Waals surface area contributed by atoms with Gasteiger partial charge in [-0.25, -0.2) is 9.98 Å². The average molecular weight is 375 g/mol. The molecule has 4 rings (SSSR count). The van der Waals surface area contributed by atoms with Gasteiger partial charge in [0.2, 0.25) is 11.9 Å². The lowest BCUT2D eigenvalue weighted by Crippen LogP contribution is -2.37. The first-order chi connectivity index (χ1) is 13.5. The van der Waals surface area contributed by atoms with Crippen molar-refractivity contribution in [1.29, 1.82) is 0 Å². The molecule has 7 nitrogen and oxygen atoms in total. The Morgan fingerprint density at radius 1 is 1.11 bits per heavy atom. The number of guanidine groups is 1. The van der Waals surface area contributed by atoms with Crippen LogP contribution in [0, 0.1) is 13.8 Å². The summed E-state index contributed by atoms with van der Waals surface area (Å²) in [6.07, 6.45) is -0.501. The maximum atomic E-state index is 12.7. The highest BCUT2D eigenvalue weighted by Crippen LogP contribution is 2.28. The molecular formula is C21H21N5O2. The molecule has 3 aromatic rings. The number of ether oxygens (including phenoxy) is 1. The van der Waals surface area contributed by atoms with Crippen LogP contribution in [-0.2, 0) is 0 Å². The average Bonchev–Trinajstić information content (AvgIpc) is 2.68. The summed E-state index contributed by atoms with van der Waals surface area (Å²) in [6.45, 7) is 3.81. The summed E-state index contributed by atoms with van der Waals surface area (Å²) in [5, 5.41) is 6.39. The van der Waals surface area contributed by atoms with E-state index >= 15 is 0 Å². The van der Waals surface area contributed by atoms with E-state index in [2.05, 4.69) is 15.6 Å². The second-order valence-corrected chi connectivity index (χ2v) is 6.62. The fourth-order valence-corrected chi connectivity index (χ4v) is 3.21. The van der Waals surface area contributed by atoms with Crippen molar-refractivity contribution in [3.8, 4) is 5.75 Å². The molecule has 0 aliphatic carbocycles. The van der Waals surface area contributed by atoms with Gasteiger partial charge in [-0.05, 0) is 43.7 Å². The largest absolute Gasteiger partial charge is 0.497 e. The van der Waals surface area contributed by atoms with Crippen molar-refractivity contribution in [2.24, 2.45) is 4.99 Å². The smallest absolute Gasteiger partial charge is 0.257 e. The molecule has 0 amide bonds. The third-order valence-corrected chi connectivity index (χ3v) is 4.63. The monoisotopic (exact) mass is 375 g/mol. The quantitative estimate of drug-likeness (QED) is 0.734. The summed E-state index contributed by atoms with van der Waals surface area (Å²) in [5.41, 5.74) is 3.36. The number of aliphatic imine (C=N–C) groups is 1. The van der Waals surface area contributed by atoms with Gasteiger partial charge < -0.3 is 10.1 Å². The van der Waals surface area contributed by atoms with Gasteiger partial charge in [0, 0.05) is 23.0 Å². The fourth-order valence-electron chi connectivity index (χ4n) is 3.21. The molecule has 7 heteroatoms. The second kappa shape index (κ2) is 7.19. The highest BCUT2D eigenvalue weighted by atomic mass is 16.5. The predicted molar refractivity (Wildman–Crippen MR) is 110 cm³/mol. The first kappa shape index (κ1) is 17.8. The lowest BCUT2D eigenvalue weighted by Gasteiger charge is -2.27. The highest BCUT2D eigenvalue weighted by molar-refractivity contribution is 6.03.